The van der Waals surface area contributed by atoms with Crippen LogP contribution in [0.1, 0.15) is 34.7 Å². The zero-order valence-corrected chi connectivity index (χ0v) is 16.2. The Morgan fingerprint density at radius 2 is 2.11 bits per heavy atom. The zero-order chi connectivity index (χ0) is 19.1. The van der Waals surface area contributed by atoms with Gasteiger partial charge >= 0.3 is 0 Å². The predicted octanol–water partition coefficient (Wildman–Crippen LogP) is 2.04. The van der Waals surface area contributed by atoms with Crippen molar-refractivity contribution in [1.29, 1.82) is 0 Å². The van der Waals surface area contributed by atoms with Crippen LogP contribution >= 0.6 is 11.6 Å². The van der Waals surface area contributed by atoms with Crippen molar-refractivity contribution in [2.75, 3.05) is 13.1 Å². The first kappa shape index (κ1) is 18.0. The molecule has 2 atom stereocenters. The third-order valence-corrected chi connectivity index (χ3v) is 5.94. The van der Waals surface area contributed by atoms with E-state index < -0.39 is 0 Å². The highest BCUT2D eigenvalue weighted by Gasteiger charge is 2.42. The third-order valence-electron chi connectivity index (χ3n) is 5.49. The molecule has 7 nitrogen and oxygen atoms in total. The van der Waals surface area contributed by atoms with Crippen LogP contribution in [-0.2, 0) is 18.4 Å². The number of pyridine rings is 1. The summed E-state index contributed by atoms with van der Waals surface area (Å²) in [5, 5.41) is 4.63. The van der Waals surface area contributed by atoms with Crippen LogP contribution in [0, 0.1) is 12.8 Å². The monoisotopic (exact) mass is 387 g/mol. The fraction of sp³-hybridized carbons (Fsp3) is 0.474. The summed E-state index contributed by atoms with van der Waals surface area (Å²) in [4.78, 5) is 34.1. The van der Waals surface area contributed by atoms with E-state index >= 15 is 0 Å². The summed E-state index contributed by atoms with van der Waals surface area (Å²) in [7, 11) is 1.72. The number of carbonyl (C=O) groups is 2. The van der Waals surface area contributed by atoms with Crippen molar-refractivity contribution < 1.29 is 9.59 Å². The van der Waals surface area contributed by atoms with Gasteiger partial charge in [-0.15, -0.1) is 0 Å². The Morgan fingerprint density at radius 1 is 1.30 bits per heavy atom. The molecule has 0 radical (unpaired) electrons. The fourth-order valence-corrected chi connectivity index (χ4v) is 4.34. The Labute approximate surface area is 162 Å². The molecule has 5 heterocycles. The molecule has 0 aliphatic carbocycles. The Bertz CT molecular complexity index is 882. The first-order valence-electron chi connectivity index (χ1n) is 9.14. The Morgan fingerprint density at radius 3 is 2.78 bits per heavy atom. The minimum atomic E-state index is -0.176. The van der Waals surface area contributed by atoms with Crippen LogP contribution in [0.25, 0.3) is 0 Å². The van der Waals surface area contributed by atoms with Gasteiger partial charge in [0.1, 0.15) is 5.69 Å². The minimum absolute atomic E-state index is 0.00435. The van der Waals surface area contributed by atoms with Crippen molar-refractivity contribution in [3.63, 3.8) is 0 Å². The maximum atomic E-state index is 13.1. The Kier molecular flexibility index (Phi) is 4.63. The highest BCUT2D eigenvalue weighted by molar-refractivity contribution is 6.34. The lowest BCUT2D eigenvalue weighted by atomic mass is 9.94. The molecule has 8 heteroatoms. The van der Waals surface area contributed by atoms with E-state index in [9.17, 15) is 9.59 Å². The van der Waals surface area contributed by atoms with E-state index in [0.717, 1.165) is 18.5 Å². The van der Waals surface area contributed by atoms with Gasteiger partial charge in [0.05, 0.1) is 28.9 Å². The number of nitrogens with zero attached hydrogens (tertiary/aromatic N) is 5. The molecule has 142 valence electrons. The van der Waals surface area contributed by atoms with Crippen LogP contribution in [0.2, 0.25) is 5.02 Å². The van der Waals surface area contributed by atoms with Gasteiger partial charge in [-0.05, 0) is 31.9 Å². The van der Waals surface area contributed by atoms with Crippen LogP contribution in [0.3, 0.4) is 0 Å². The largest absolute Gasteiger partial charge is 0.334 e. The average Bonchev–Trinajstić information content (AvgIpc) is 2.83. The number of aromatic nitrogens is 3. The second kappa shape index (κ2) is 6.96. The van der Waals surface area contributed by atoms with E-state index in [1.807, 2.05) is 23.1 Å². The molecule has 0 unspecified atom stereocenters. The molecule has 3 saturated heterocycles. The van der Waals surface area contributed by atoms with Crippen molar-refractivity contribution >= 4 is 23.4 Å². The van der Waals surface area contributed by atoms with E-state index in [-0.39, 0.29) is 23.8 Å². The molecular formula is C19H22ClN5O2. The fourth-order valence-electron chi connectivity index (χ4n) is 4.09. The standard InChI is InChI=1S/C19H22ClN5O2/c1-12-16(20)17(23(2)22-12)19(27)24-9-13-6-7-15(11-24)25(18(13)26)10-14-5-3-4-8-21-14/h3-5,8,13,15H,6-7,9-11H2,1-2H3/t13-,15+/m0/s1. The van der Waals surface area contributed by atoms with Crippen molar-refractivity contribution in [1.82, 2.24) is 24.6 Å². The molecule has 27 heavy (non-hydrogen) atoms. The quantitative estimate of drug-likeness (QED) is 0.808. The van der Waals surface area contributed by atoms with Gasteiger partial charge in [0.2, 0.25) is 5.91 Å². The summed E-state index contributed by atoms with van der Waals surface area (Å²) >= 11 is 6.31. The van der Waals surface area contributed by atoms with Gasteiger partial charge in [-0.25, -0.2) is 0 Å². The SMILES string of the molecule is Cc1nn(C)c(C(=O)N2C[C@@H]3CC[C@H](C2)N(Cc2ccccn2)C3=O)c1Cl. The van der Waals surface area contributed by atoms with Crippen LogP contribution in [0.15, 0.2) is 24.4 Å². The van der Waals surface area contributed by atoms with Crippen LogP contribution in [0.4, 0.5) is 0 Å². The second-order valence-corrected chi connectivity index (χ2v) is 7.68. The van der Waals surface area contributed by atoms with Gasteiger partial charge in [-0.3, -0.25) is 19.3 Å². The molecule has 3 aliphatic rings. The van der Waals surface area contributed by atoms with Crippen LogP contribution < -0.4 is 0 Å². The van der Waals surface area contributed by atoms with E-state index in [4.69, 9.17) is 11.6 Å². The molecule has 2 aromatic heterocycles. The molecule has 0 N–H and O–H groups in total. The Hall–Kier alpha value is -2.41. The number of aryl methyl sites for hydroxylation is 2. The summed E-state index contributed by atoms with van der Waals surface area (Å²) < 4.78 is 1.53. The molecule has 0 aromatic carbocycles. The van der Waals surface area contributed by atoms with Gasteiger partial charge in [0, 0.05) is 32.4 Å². The lowest BCUT2D eigenvalue weighted by molar-refractivity contribution is -0.140. The smallest absolute Gasteiger partial charge is 0.273 e. The van der Waals surface area contributed by atoms with E-state index in [0.29, 0.717) is 36.0 Å². The van der Waals surface area contributed by atoms with Crippen LogP contribution in [0.5, 0.6) is 0 Å². The van der Waals surface area contributed by atoms with Crippen molar-refractivity contribution in [3.05, 3.63) is 46.5 Å². The number of amides is 2. The number of rotatable bonds is 3. The molecule has 2 aromatic rings. The molecule has 0 spiro atoms. The molecular weight excluding hydrogens is 366 g/mol. The molecule has 3 fully saturated rings. The van der Waals surface area contributed by atoms with Gasteiger partial charge in [0.15, 0.2) is 0 Å². The molecule has 2 amide bonds. The van der Waals surface area contributed by atoms with Gasteiger partial charge in [0.25, 0.3) is 5.91 Å². The average molecular weight is 388 g/mol. The van der Waals surface area contributed by atoms with Gasteiger partial charge in [-0.2, -0.15) is 5.10 Å². The number of carbonyl (C=O) groups excluding carboxylic acids is 2. The molecule has 2 bridgehead atoms. The lowest BCUT2D eigenvalue weighted by Crippen LogP contribution is -2.47. The first-order chi connectivity index (χ1) is 13.0. The topological polar surface area (TPSA) is 71.3 Å². The maximum absolute atomic E-state index is 13.1. The normalized spacial score (nSPS) is 22.3. The number of fused-ring (bicyclic) bond motifs is 4. The highest BCUT2D eigenvalue weighted by atomic mass is 35.5. The zero-order valence-electron chi connectivity index (χ0n) is 15.4. The summed E-state index contributed by atoms with van der Waals surface area (Å²) in [6.07, 6.45) is 3.44. The summed E-state index contributed by atoms with van der Waals surface area (Å²) in [6.45, 7) is 3.19. The second-order valence-electron chi connectivity index (χ2n) is 7.30. The highest BCUT2D eigenvalue weighted by Crippen LogP contribution is 2.32. The number of hydrogen-bond acceptors (Lipinski definition) is 4. The predicted molar refractivity (Wildman–Crippen MR) is 100 cm³/mol. The van der Waals surface area contributed by atoms with E-state index in [1.54, 1.807) is 25.1 Å². The van der Waals surface area contributed by atoms with Gasteiger partial charge in [-0.1, -0.05) is 17.7 Å². The van der Waals surface area contributed by atoms with Crippen molar-refractivity contribution in [2.24, 2.45) is 13.0 Å². The number of halogens is 1. The van der Waals surface area contributed by atoms with Crippen molar-refractivity contribution in [3.8, 4) is 0 Å². The lowest BCUT2D eigenvalue weighted by Gasteiger charge is -2.35. The van der Waals surface area contributed by atoms with E-state index in [2.05, 4.69) is 10.1 Å². The minimum Gasteiger partial charge on any atom is -0.334 e. The number of piperidine rings is 1. The summed E-state index contributed by atoms with van der Waals surface area (Å²) in [5.74, 6) is -0.225. The third kappa shape index (κ3) is 3.20. The summed E-state index contributed by atoms with van der Waals surface area (Å²) in [5.41, 5.74) is 1.88. The number of hydrogen-bond donors (Lipinski definition) is 0. The first-order valence-corrected chi connectivity index (χ1v) is 9.52. The van der Waals surface area contributed by atoms with Crippen molar-refractivity contribution in [2.45, 2.75) is 32.4 Å². The molecule has 3 aliphatic heterocycles. The maximum Gasteiger partial charge on any atom is 0.273 e. The van der Waals surface area contributed by atoms with Crippen LogP contribution in [-0.4, -0.2) is 55.5 Å². The van der Waals surface area contributed by atoms with E-state index in [1.165, 1.54) is 4.68 Å². The summed E-state index contributed by atoms with van der Waals surface area (Å²) in [6, 6.07) is 5.70. The molecule has 5 rings (SSSR count). The van der Waals surface area contributed by atoms with Gasteiger partial charge < -0.3 is 9.80 Å². The molecule has 0 saturated carbocycles. The Balaban J connectivity index is 1.59.